The van der Waals surface area contributed by atoms with Crippen molar-refractivity contribution in [2.24, 2.45) is 0 Å². The van der Waals surface area contributed by atoms with E-state index in [4.69, 9.17) is 14.4 Å². The van der Waals surface area contributed by atoms with Crippen LogP contribution >= 0.6 is 0 Å². The molecule has 0 saturated heterocycles. The van der Waals surface area contributed by atoms with Crippen molar-refractivity contribution in [2.45, 2.75) is 0 Å². The van der Waals surface area contributed by atoms with Crippen molar-refractivity contribution in [3.63, 3.8) is 0 Å². The SMILES string of the molecule is c1ccc(-c2cccc(-c3nc(-c4cc(-c5ccccc5)cc(-c5cccc6oc7ccccc7c56)c4)cc(-c4cccc5ccccc45)n3)c2)cc1. The fourth-order valence-electron chi connectivity index (χ4n) is 7.52. The molecule has 0 spiro atoms. The molecule has 0 N–H and O–H groups in total. The lowest BCUT2D eigenvalue weighted by Gasteiger charge is -2.14. The number of rotatable bonds is 6. The van der Waals surface area contributed by atoms with Gasteiger partial charge in [0.05, 0.1) is 11.4 Å². The Bertz CT molecular complexity index is 2940. The molecule has 0 amide bonds. The zero-order valence-corrected chi connectivity index (χ0v) is 28.8. The second-order valence-corrected chi connectivity index (χ2v) is 13.4. The van der Waals surface area contributed by atoms with E-state index in [0.717, 1.165) is 88.8 Å². The molecule has 0 atom stereocenters. The van der Waals surface area contributed by atoms with E-state index in [1.165, 1.54) is 5.39 Å². The minimum absolute atomic E-state index is 0.679. The topological polar surface area (TPSA) is 38.9 Å². The van der Waals surface area contributed by atoms with Gasteiger partial charge in [-0.15, -0.1) is 0 Å². The molecule has 2 aromatic heterocycles. The largest absolute Gasteiger partial charge is 0.456 e. The van der Waals surface area contributed by atoms with Crippen molar-refractivity contribution in [1.29, 1.82) is 0 Å². The molecule has 0 aliphatic carbocycles. The fourth-order valence-corrected chi connectivity index (χ4v) is 7.52. The standard InChI is InChI=1S/C50H32N2O/c1-3-14-33(15-4-1)36-20-11-21-37(28-36)50-51-45(32-46(52-50)43-25-12-19-35-18-7-8-22-41(35)43)40-30-38(34-16-5-2-6-17-34)29-39(31-40)42-24-13-27-48-49(42)44-23-9-10-26-47(44)53-48/h1-32H. The van der Waals surface area contributed by atoms with E-state index in [2.05, 4.69) is 176 Å². The molecular weight excluding hydrogens is 645 g/mol. The highest BCUT2D eigenvalue weighted by Crippen LogP contribution is 2.41. The maximum atomic E-state index is 6.33. The number of aromatic nitrogens is 2. The maximum Gasteiger partial charge on any atom is 0.160 e. The van der Waals surface area contributed by atoms with Crippen LogP contribution in [0.3, 0.4) is 0 Å². The normalized spacial score (nSPS) is 11.4. The third kappa shape index (κ3) is 5.65. The summed E-state index contributed by atoms with van der Waals surface area (Å²) in [6.07, 6.45) is 0. The Labute approximate surface area is 307 Å². The molecule has 53 heavy (non-hydrogen) atoms. The first-order valence-corrected chi connectivity index (χ1v) is 17.9. The Morgan fingerprint density at radius 2 is 0.868 bits per heavy atom. The third-order valence-electron chi connectivity index (χ3n) is 10.1. The number of hydrogen-bond donors (Lipinski definition) is 0. The van der Waals surface area contributed by atoms with Crippen LogP contribution in [0.25, 0.3) is 100.0 Å². The van der Waals surface area contributed by atoms with Crippen LogP contribution in [0.15, 0.2) is 199 Å². The molecular formula is C50H32N2O. The number of fused-ring (bicyclic) bond motifs is 4. The summed E-state index contributed by atoms with van der Waals surface area (Å²) in [5.74, 6) is 0.679. The van der Waals surface area contributed by atoms with Crippen molar-refractivity contribution in [2.75, 3.05) is 0 Å². The van der Waals surface area contributed by atoms with E-state index >= 15 is 0 Å². The van der Waals surface area contributed by atoms with Gasteiger partial charge in [0.25, 0.3) is 0 Å². The van der Waals surface area contributed by atoms with Gasteiger partial charge in [-0.3, -0.25) is 0 Å². The van der Waals surface area contributed by atoms with Crippen LogP contribution in [0, 0.1) is 0 Å². The molecule has 10 rings (SSSR count). The molecule has 3 heteroatoms. The summed E-state index contributed by atoms with van der Waals surface area (Å²) in [4.78, 5) is 10.6. The molecule has 248 valence electrons. The molecule has 0 aliphatic rings. The van der Waals surface area contributed by atoms with Crippen molar-refractivity contribution in [1.82, 2.24) is 9.97 Å². The molecule has 0 bridgehead atoms. The molecule has 2 heterocycles. The van der Waals surface area contributed by atoms with Gasteiger partial charge in [-0.1, -0.05) is 152 Å². The van der Waals surface area contributed by atoms with Crippen LogP contribution in [0.2, 0.25) is 0 Å². The molecule has 0 fully saturated rings. The van der Waals surface area contributed by atoms with E-state index in [1.54, 1.807) is 0 Å². The molecule has 8 aromatic carbocycles. The Kier molecular flexibility index (Phi) is 7.47. The van der Waals surface area contributed by atoms with E-state index < -0.39 is 0 Å². The second-order valence-electron chi connectivity index (χ2n) is 13.4. The van der Waals surface area contributed by atoms with E-state index in [-0.39, 0.29) is 0 Å². The van der Waals surface area contributed by atoms with Crippen LogP contribution in [-0.4, -0.2) is 9.97 Å². The van der Waals surface area contributed by atoms with Gasteiger partial charge in [0.2, 0.25) is 0 Å². The summed E-state index contributed by atoms with van der Waals surface area (Å²) in [7, 11) is 0. The van der Waals surface area contributed by atoms with Crippen LogP contribution in [-0.2, 0) is 0 Å². The van der Waals surface area contributed by atoms with Gasteiger partial charge in [-0.05, 0) is 86.6 Å². The van der Waals surface area contributed by atoms with Gasteiger partial charge < -0.3 is 4.42 Å². The minimum atomic E-state index is 0.679. The summed E-state index contributed by atoms with van der Waals surface area (Å²) < 4.78 is 6.33. The average molecular weight is 677 g/mol. The molecule has 0 aliphatic heterocycles. The number of hydrogen-bond acceptors (Lipinski definition) is 3. The van der Waals surface area contributed by atoms with E-state index in [9.17, 15) is 0 Å². The first-order chi connectivity index (χ1) is 26.2. The monoisotopic (exact) mass is 676 g/mol. The van der Waals surface area contributed by atoms with Gasteiger partial charge in [-0.2, -0.15) is 0 Å². The first-order valence-electron chi connectivity index (χ1n) is 17.9. The number of para-hydroxylation sites is 1. The molecule has 0 unspecified atom stereocenters. The first kappa shape index (κ1) is 30.7. The number of nitrogens with zero attached hydrogens (tertiary/aromatic N) is 2. The predicted molar refractivity (Wildman–Crippen MR) is 219 cm³/mol. The second kappa shape index (κ2) is 12.9. The van der Waals surface area contributed by atoms with Crippen LogP contribution in [0.5, 0.6) is 0 Å². The van der Waals surface area contributed by atoms with Gasteiger partial charge in [-0.25, -0.2) is 9.97 Å². The van der Waals surface area contributed by atoms with E-state index in [0.29, 0.717) is 5.82 Å². The van der Waals surface area contributed by atoms with E-state index in [1.807, 2.05) is 18.2 Å². The highest BCUT2D eigenvalue weighted by molar-refractivity contribution is 6.12. The third-order valence-corrected chi connectivity index (χ3v) is 10.1. The van der Waals surface area contributed by atoms with Gasteiger partial charge >= 0.3 is 0 Å². The van der Waals surface area contributed by atoms with Crippen LogP contribution in [0.1, 0.15) is 0 Å². The summed E-state index contributed by atoms with van der Waals surface area (Å²) in [5, 5.41) is 4.54. The van der Waals surface area contributed by atoms with Crippen molar-refractivity contribution < 1.29 is 4.42 Å². The minimum Gasteiger partial charge on any atom is -0.456 e. The van der Waals surface area contributed by atoms with Crippen molar-refractivity contribution in [3.8, 4) is 67.3 Å². The van der Waals surface area contributed by atoms with Crippen molar-refractivity contribution in [3.05, 3.63) is 194 Å². The summed E-state index contributed by atoms with van der Waals surface area (Å²) >= 11 is 0. The van der Waals surface area contributed by atoms with Crippen LogP contribution < -0.4 is 0 Å². The van der Waals surface area contributed by atoms with Crippen LogP contribution in [0.4, 0.5) is 0 Å². The Hall–Kier alpha value is -7.10. The molecule has 0 radical (unpaired) electrons. The zero-order chi connectivity index (χ0) is 35.1. The summed E-state index contributed by atoms with van der Waals surface area (Å²) in [6.45, 7) is 0. The predicted octanol–water partition coefficient (Wildman–Crippen LogP) is 13.5. The Morgan fingerprint density at radius 3 is 1.72 bits per heavy atom. The molecule has 0 saturated carbocycles. The lowest BCUT2D eigenvalue weighted by Crippen LogP contribution is -1.97. The summed E-state index contributed by atoms with van der Waals surface area (Å²) in [5.41, 5.74) is 13.3. The average Bonchev–Trinajstić information content (AvgIpc) is 3.63. The fraction of sp³-hybridized carbons (Fsp3) is 0. The number of benzene rings is 8. The Morgan fingerprint density at radius 1 is 0.321 bits per heavy atom. The van der Waals surface area contributed by atoms with Crippen molar-refractivity contribution >= 4 is 32.7 Å². The lowest BCUT2D eigenvalue weighted by atomic mass is 9.92. The highest BCUT2D eigenvalue weighted by atomic mass is 16.3. The van der Waals surface area contributed by atoms with Gasteiger partial charge in [0.15, 0.2) is 5.82 Å². The maximum absolute atomic E-state index is 6.33. The smallest absolute Gasteiger partial charge is 0.160 e. The summed E-state index contributed by atoms with van der Waals surface area (Å²) in [6, 6.07) is 68.0. The quantitative estimate of drug-likeness (QED) is 0.176. The molecule has 10 aromatic rings. The lowest BCUT2D eigenvalue weighted by molar-refractivity contribution is 0.669. The molecule has 3 nitrogen and oxygen atoms in total. The zero-order valence-electron chi connectivity index (χ0n) is 28.8. The Balaban J connectivity index is 1.23. The number of furan rings is 1. The highest BCUT2D eigenvalue weighted by Gasteiger charge is 2.17. The van der Waals surface area contributed by atoms with Gasteiger partial charge in [0, 0.05) is 27.5 Å². The van der Waals surface area contributed by atoms with Gasteiger partial charge in [0.1, 0.15) is 11.2 Å².